The molecule has 0 spiro atoms. The molecule has 0 bridgehead atoms. The van der Waals surface area contributed by atoms with E-state index < -0.39 is 0 Å². The first-order chi connectivity index (χ1) is 8.38. The Morgan fingerprint density at radius 3 is 2.50 bits per heavy atom. The van der Waals surface area contributed by atoms with Gasteiger partial charge in [-0.15, -0.1) is 0 Å². The molecule has 0 aliphatic rings. The van der Waals surface area contributed by atoms with Crippen molar-refractivity contribution in [3.8, 4) is 0 Å². The fourth-order valence-corrected chi connectivity index (χ4v) is 1.69. The molecular weight excluding hydrogens is 296 g/mol. The largest absolute Gasteiger partial charge is 0.353 e. The molecule has 0 aliphatic heterocycles. The van der Waals surface area contributed by atoms with E-state index in [0.29, 0.717) is 5.69 Å². The molecule has 0 unspecified atom stereocenters. The lowest BCUT2D eigenvalue weighted by Gasteiger charge is -2.09. The molecule has 1 aromatic carbocycles. The van der Waals surface area contributed by atoms with Crippen LogP contribution in [0.3, 0.4) is 0 Å². The molecule has 0 aliphatic carbocycles. The monoisotopic (exact) mass is 312 g/mol. The molecule has 0 heterocycles. The fourth-order valence-electron chi connectivity index (χ4n) is 1.45. The SMILES string of the molecule is Cc1cc(NC(=O)CC(=O)NC(C)C)ccc1Br. The van der Waals surface area contributed by atoms with Gasteiger partial charge in [0.25, 0.3) is 0 Å². The molecular formula is C13H17BrN2O2. The first kappa shape index (κ1) is 14.7. The number of carbonyl (C=O) groups excluding carboxylic acids is 2. The van der Waals surface area contributed by atoms with Gasteiger partial charge in [-0.25, -0.2) is 0 Å². The highest BCUT2D eigenvalue weighted by molar-refractivity contribution is 9.10. The van der Waals surface area contributed by atoms with Crippen LogP contribution in [0.15, 0.2) is 22.7 Å². The molecule has 5 heteroatoms. The first-order valence-corrected chi connectivity index (χ1v) is 6.53. The molecule has 18 heavy (non-hydrogen) atoms. The average Bonchev–Trinajstić information content (AvgIpc) is 2.21. The lowest BCUT2D eigenvalue weighted by molar-refractivity contribution is -0.127. The van der Waals surface area contributed by atoms with Gasteiger partial charge >= 0.3 is 0 Å². The quantitative estimate of drug-likeness (QED) is 0.840. The molecule has 0 fully saturated rings. The molecule has 4 nitrogen and oxygen atoms in total. The van der Waals surface area contributed by atoms with Crippen LogP contribution in [0.1, 0.15) is 25.8 Å². The predicted octanol–water partition coefficient (Wildman–Crippen LogP) is 2.61. The predicted molar refractivity (Wildman–Crippen MR) is 75.4 cm³/mol. The van der Waals surface area contributed by atoms with Crippen molar-refractivity contribution in [2.45, 2.75) is 33.2 Å². The lowest BCUT2D eigenvalue weighted by Crippen LogP contribution is -2.33. The minimum Gasteiger partial charge on any atom is -0.353 e. The van der Waals surface area contributed by atoms with Gasteiger partial charge in [-0.1, -0.05) is 15.9 Å². The lowest BCUT2D eigenvalue weighted by atomic mass is 10.2. The number of benzene rings is 1. The van der Waals surface area contributed by atoms with Crippen molar-refractivity contribution in [1.82, 2.24) is 5.32 Å². The van der Waals surface area contributed by atoms with Crippen LogP contribution in [0, 0.1) is 6.92 Å². The number of anilines is 1. The highest BCUT2D eigenvalue weighted by Gasteiger charge is 2.10. The molecule has 98 valence electrons. The third-order valence-electron chi connectivity index (χ3n) is 2.21. The van der Waals surface area contributed by atoms with Crippen molar-refractivity contribution < 1.29 is 9.59 Å². The second-order valence-corrected chi connectivity index (χ2v) is 5.27. The third-order valence-corrected chi connectivity index (χ3v) is 3.10. The van der Waals surface area contributed by atoms with E-state index in [1.54, 1.807) is 6.07 Å². The number of amides is 2. The van der Waals surface area contributed by atoms with Gasteiger partial charge in [0.2, 0.25) is 11.8 Å². The average molecular weight is 313 g/mol. The molecule has 2 N–H and O–H groups in total. The van der Waals surface area contributed by atoms with Crippen LogP contribution in [0.4, 0.5) is 5.69 Å². The Kier molecular flexibility index (Phi) is 5.34. The van der Waals surface area contributed by atoms with Gasteiger partial charge in [0.05, 0.1) is 0 Å². The van der Waals surface area contributed by atoms with Crippen LogP contribution >= 0.6 is 15.9 Å². The smallest absolute Gasteiger partial charge is 0.233 e. The molecule has 1 aromatic rings. The van der Waals surface area contributed by atoms with Crippen molar-refractivity contribution in [3.63, 3.8) is 0 Å². The van der Waals surface area contributed by atoms with Crippen molar-refractivity contribution >= 4 is 33.4 Å². The number of nitrogens with one attached hydrogen (secondary N) is 2. The van der Waals surface area contributed by atoms with Crippen LogP contribution in [-0.4, -0.2) is 17.9 Å². The summed E-state index contributed by atoms with van der Waals surface area (Å²) < 4.78 is 0.984. The highest BCUT2D eigenvalue weighted by atomic mass is 79.9. The zero-order chi connectivity index (χ0) is 13.7. The van der Waals surface area contributed by atoms with Crippen molar-refractivity contribution in [2.75, 3.05) is 5.32 Å². The Balaban J connectivity index is 2.54. The van der Waals surface area contributed by atoms with Gasteiger partial charge in [0.15, 0.2) is 0 Å². The topological polar surface area (TPSA) is 58.2 Å². The molecule has 0 radical (unpaired) electrons. The Hall–Kier alpha value is -1.36. The van der Waals surface area contributed by atoms with Gasteiger partial charge in [-0.2, -0.15) is 0 Å². The Bertz CT molecular complexity index is 458. The summed E-state index contributed by atoms with van der Waals surface area (Å²) in [6.45, 7) is 5.65. The summed E-state index contributed by atoms with van der Waals surface area (Å²) in [4.78, 5) is 23.0. The number of hydrogen-bond donors (Lipinski definition) is 2. The second kappa shape index (κ2) is 6.54. The fraction of sp³-hybridized carbons (Fsp3) is 0.385. The summed E-state index contributed by atoms with van der Waals surface area (Å²) in [5, 5.41) is 5.37. The van der Waals surface area contributed by atoms with E-state index in [1.165, 1.54) is 0 Å². The number of aryl methyl sites for hydroxylation is 1. The van der Waals surface area contributed by atoms with E-state index in [1.807, 2.05) is 32.9 Å². The van der Waals surface area contributed by atoms with Gasteiger partial charge < -0.3 is 10.6 Å². The van der Waals surface area contributed by atoms with E-state index in [-0.39, 0.29) is 24.3 Å². The van der Waals surface area contributed by atoms with Crippen molar-refractivity contribution in [1.29, 1.82) is 0 Å². The normalized spacial score (nSPS) is 10.3. The molecule has 1 rings (SSSR count). The number of carbonyl (C=O) groups is 2. The summed E-state index contributed by atoms with van der Waals surface area (Å²) in [6, 6.07) is 5.54. The zero-order valence-corrected chi connectivity index (χ0v) is 12.3. The Labute approximate surface area is 115 Å². The minimum atomic E-state index is -0.310. The van der Waals surface area contributed by atoms with E-state index in [9.17, 15) is 9.59 Å². The van der Waals surface area contributed by atoms with E-state index >= 15 is 0 Å². The minimum absolute atomic E-state index is 0.0419. The summed E-state index contributed by atoms with van der Waals surface area (Å²) in [5.74, 6) is -0.578. The highest BCUT2D eigenvalue weighted by Crippen LogP contribution is 2.19. The van der Waals surface area contributed by atoms with Crippen molar-refractivity contribution in [2.24, 2.45) is 0 Å². The number of rotatable bonds is 4. The van der Waals surface area contributed by atoms with Gasteiger partial charge in [-0.05, 0) is 44.5 Å². The maximum Gasteiger partial charge on any atom is 0.233 e. The Morgan fingerprint density at radius 2 is 1.94 bits per heavy atom. The maximum absolute atomic E-state index is 11.6. The van der Waals surface area contributed by atoms with Crippen molar-refractivity contribution in [3.05, 3.63) is 28.2 Å². The summed E-state index contributed by atoms with van der Waals surface area (Å²) in [5.41, 5.74) is 1.72. The number of hydrogen-bond acceptors (Lipinski definition) is 2. The third kappa shape index (κ3) is 4.87. The zero-order valence-electron chi connectivity index (χ0n) is 10.7. The number of halogens is 1. The maximum atomic E-state index is 11.6. The van der Waals surface area contributed by atoms with Crippen LogP contribution in [0.5, 0.6) is 0 Å². The van der Waals surface area contributed by atoms with E-state index in [2.05, 4.69) is 26.6 Å². The summed E-state index contributed by atoms with van der Waals surface area (Å²) in [6.07, 6.45) is -0.159. The molecule has 2 amide bonds. The molecule has 0 aromatic heterocycles. The summed E-state index contributed by atoms with van der Waals surface area (Å²) >= 11 is 3.39. The summed E-state index contributed by atoms with van der Waals surface area (Å²) in [7, 11) is 0. The van der Waals surface area contributed by atoms with Crippen LogP contribution in [0.2, 0.25) is 0 Å². The van der Waals surface area contributed by atoms with Gasteiger partial charge in [-0.3, -0.25) is 9.59 Å². The van der Waals surface area contributed by atoms with Crippen LogP contribution in [-0.2, 0) is 9.59 Å². The Morgan fingerprint density at radius 1 is 1.28 bits per heavy atom. The van der Waals surface area contributed by atoms with Crippen LogP contribution in [0.25, 0.3) is 0 Å². The van der Waals surface area contributed by atoms with Gasteiger partial charge in [0.1, 0.15) is 6.42 Å². The first-order valence-electron chi connectivity index (χ1n) is 5.74. The van der Waals surface area contributed by atoms with E-state index in [0.717, 1.165) is 10.0 Å². The molecule has 0 atom stereocenters. The standard InChI is InChI=1S/C13H17BrN2O2/c1-8(2)15-12(17)7-13(18)16-10-4-5-11(14)9(3)6-10/h4-6,8H,7H2,1-3H3,(H,15,17)(H,16,18). The second-order valence-electron chi connectivity index (χ2n) is 4.41. The van der Waals surface area contributed by atoms with Crippen LogP contribution < -0.4 is 10.6 Å². The van der Waals surface area contributed by atoms with E-state index in [4.69, 9.17) is 0 Å². The molecule has 0 saturated heterocycles. The molecule has 0 saturated carbocycles. The van der Waals surface area contributed by atoms with Gasteiger partial charge in [0, 0.05) is 16.2 Å².